The molecule has 3 N–H and O–H groups in total. The van der Waals surface area contributed by atoms with Gasteiger partial charge in [0.2, 0.25) is 0 Å². The molecule has 0 fully saturated rings. The Hall–Kier alpha value is -1.86. The van der Waals surface area contributed by atoms with Crippen molar-refractivity contribution in [2.75, 3.05) is 13.1 Å². The van der Waals surface area contributed by atoms with Gasteiger partial charge in [-0.25, -0.2) is 4.79 Å². The lowest BCUT2D eigenvalue weighted by molar-refractivity contribution is -0.126. The summed E-state index contributed by atoms with van der Waals surface area (Å²) in [7, 11) is 0. The number of aliphatic hydroxyl groups is 1. The topological polar surface area (TPSA) is 81.7 Å². The Balaban J connectivity index is 1.94. The van der Waals surface area contributed by atoms with Crippen LogP contribution in [0.3, 0.4) is 0 Å². The average molecular weight is 366 g/mol. The lowest BCUT2D eigenvalue weighted by Gasteiger charge is -2.25. The Morgan fingerprint density at radius 1 is 1.36 bits per heavy atom. The second-order valence-electron chi connectivity index (χ2n) is 5.51. The number of amides is 3. The van der Waals surface area contributed by atoms with Crippen LogP contribution in [-0.2, 0) is 4.79 Å². The molecule has 2 atom stereocenters. The molecule has 3 rings (SSSR count). The van der Waals surface area contributed by atoms with E-state index in [2.05, 4.69) is 26.6 Å². The van der Waals surface area contributed by atoms with Crippen molar-refractivity contribution in [1.29, 1.82) is 0 Å². The van der Waals surface area contributed by atoms with Crippen LogP contribution in [-0.4, -0.2) is 41.1 Å². The van der Waals surface area contributed by atoms with Crippen LogP contribution in [0.1, 0.15) is 18.5 Å². The fraction of sp³-hybridized carbons (Fsp3) is 0.333. The van der Waals surface area contributed by atoms with Crippen LogP contribution in [0.4, 0.5) is 4.79 Å². The first-order chi connectivity index (χ1) is 10.5. The third-order valence-corrected chi connectivity index (χ3v) is 4.24. The molecule has 116 valence electrons. The van der Waals surface area contributed by atoms with Crippen molar-refractivity contribution >= 4 is 27.9 Å². The lowest BCUT2D eigenvalue weighted by atomic mass is 9.96. The van der Waals surface area contributed by atoms with E-state index in [0.717, 1.165) is 10.0 Å². The smallest absolute Gasteiger partial charge is 0.319 e. The third-order valence-electron chi connectivity index (χ3n) is 3.71. The first-order valence-electron chi connectivity index (χ1n) is 6.99. The average Bonchev–Trinajstić information content (AvgIpc) is 2.74. The van der Waals surface area contributed by atoms with Gasteiger partial charge in [-0.15, -0.1) is 0 Å². The first-order valence-corrected chi connectivity index (χ1v) is 7.78. The molecule has 0 radical (unpaired) electrons. The zero-order valence-electron chi connectivity index (χ0n) is 12.0. The third kappa shape index (κ3) is 2.74. The van der Waals surface area contributed by atoms with Crippen LogP contribution in [0.15, 0.2) is 40.0 Å². The molecule has 6 nitrogen and oxygen atoms in total. The van der Waals surface area contributed by atoms with Crippen LogP contribution in [0.2, 0.25) is 0 Å². The van der Waals surface area contributed by atoms with E-state index in [-0.39, 0.29) is 18.5 Å². The Bertz CT molecular complexity index is 655. The Labute approximate surface area is 136 Å². The van der Waals surface area contributed by atoms with Gasteiger partial charge in [-0.05, 0) is 24.6 Å². The van der Waals surface area contributed by atoms with Gasteiger partial charge in [-0.1, -0.05) is 28.1 Å². The summed E-state index contributed by atoms with van der Waals surface area (Å²) in [5, 5.41) is 15.0. The summed E-state index contributed by atoms with van der Waals surface area (Å²) in [6.45, 7) is 2.20. The highest BCUT2D eigenvalue weighted by molar-refractivity contribution is 9.10. The predicted molar refractivity (Wildman–Crippen MR) is 83.8 cm³/mol. The molecule has 2 heterocycles. The summed E-state index contributed by atoms with van der Waals surface area (Å²) >= 11 is 3.37. The molecule has 1 aromatic carbocycles. The SMILES string of the molecule is C[C@H](O)CN1CC2=C(C1=O)[C@H](c1ccc(Br)cc1)NC(=O)N2. The van der Waals surface area contributed by atoms with Gasteiger partial charge in [0.25, 0.3) is 5.91 Å². The van der Waals surface area contributed by atoms with E-state index in [4.69, 9.17) is 0 Å². The van der Waals surface area contributed by atoms with E-state index in [0.29, 0.717) is 17.8 Å². The number of nitrogens with one attached hydrogen (secondary N) is 2. The van der Waals surface area contributed by atoms with Gasteiger partial charge in [-0.3, -0.25) is 4.79 Å². The number of benzene rings is 1. The van der Waals surface area contributed by atoms with Crippen LogP contribution < -0.4 is 10.6 Å². The maximum atomic E-state index is 12.6. The molecule has 0 bridgehead atoms. The minimum Gasteiger partial charge on any atom is -0.392 e. The van der Waals surface area contributed by atoms with Crippen molar-refractivity contribution in [3.63, 3.8) is 0 Å². The van der Waals surface area contributed by atoms with Crippen molar-refractivity contribution in [2.45, 2.75) is 19.1 Å². The molecule has 7 heteroatoms. The molecule has 0 aliphatic carbocycles. The molecule has 2 aliphatic rings. The van der Waals surface area contributed by atoms with Crippen LogP contribution in [0, 0.1) is 0 Å². The summed E-state index contributed by atoms with van der Waals surface area (Å²) in [5.74, 6) is -0.156. The Morgan fingerprint density at radius 2 is 2.05 bits per heavy atom. The molecule has 22 heavy (non-hydrogen) atoms. The van der Waals surface area contributed by atoms with Crippen molar-refractivity contribution in [3.05, 3.63) is 45.6 Å². The molecule has 3 amide bonds. The van der Waals surface area contributed by atoms with Crippen LogP contribution >= 0.6 is 15.9 Å². The Kier molecular flexibility index (Phi) is 3.92. The number of hydrogen-bond acceptors (Lipinski definition) is 3. The second kappa shape index (κ2) is 5.73. The minimum atomic E-state index is -0.611. The number of carbonyl (C=O) groups is 2. The van der Waals surface area contributed by atoms with Gasteiger partial charge < -0.3 is 20.6 Å². The molecule has 0 unspecified atom stereocenters. The van der Waals surface area contributed by atoms with Gasteiger partial charge in [0.15, 0.2) is 0 Å². The summed E-state index contributed by atoms with van der Waals surface area (Å²) in [6.07, 6.45) is -0.611. The van der Waals surface area contributed by atoms with Crippen molar-refractivity contribution in [3.8, 4) is 0 Å². The van der Waals surface area contributed by atoms with E-state index in [1.165, 1.54) is 0 Å². The number of β-amino-alcohol motifs (C(OH)–C–C–N with tert-alkyl or cyclic N) is 1. The number of carbonyl (C=O) groups excluding carboxylic acids is 2. The standard InChI is InChI=1S/C15H16BrN3O3/c1-8(20)6-19-7-11-12(14(19)21)13(18-15(22)17-11)9-2-4-10(16)5-3-9/h2-5,8,13,20H,6-7H2,1H3,(H2,17,18,22)/t8-,13-/m0/s1. The van der Waals surface area contributed by atoms with E-state index in [9.17, 15) is 14.7 Å². The van der Waals surface area contributed by atoms with Crippen molar-refractivity contribution in [2.24, 2.45) is 0 Å². The molecule has 0 saturated carbocycles. The molecule has 0 aromatic heterocycles. The lowest BCUT2D eigenvalue weighted by Crippen LogP contribution is -2.44. The van der Waals surface area contributed by atoms with Crippen molar-refractivity contribution in [1.82, 2.24) is 15.5 Å². The number of rotatable bonds is 3. The molecule has 0 saturated heterocycles. The fourth-order valence-corrected chi connectivity index (χ4v) is 3.06. The summed E-state index contributed by atoms with van der Waals surface area (Å²) in [5.41, 5.74) is 2.00. The van der Waals surface area contributed by atoms with E-state index in [1.54, 1.807) is 11.8 Å². The molecular formula is C15H16BrN3O3. The number of aliphatic hydroxyl groups excluding tert-OH is 1. The van der Waals surface area contributed by atoms with E-state index >= 15 is 0 Å². The second-order valence-corrected chi connectivity index (χ2v) is 6.43. The maximum absolute atomic E-state index is 12.6. The fourth-order valence-electron chi connectivity index (χ4n) is 2.80. The monoisotopic (exact) mass is 365 g/mol. The van der Waals surface area contributed by atoms with Crippen molar-refractivity contribution < 1.29 is 14.7 Å². The normalized spacial score (nSPS) is 22.3. The van der Waals surface area contributed by atoms with Crippen LogP contribution in [0.5, 0.6) is 0 Å². The summed E-state index contributed by atoms with van der Waals surface area (Å²) in [6, 6.07) is 6.69. The van der Waals surface area contributed by atoms with Gasteiger partial charge in [0, 0.05) is 11.0 Å². The quantitative estimate of drug-likeness (QED) is 0.754. The zero-order valence-corrected chi connectivity index (χ0v) is 13.6. The minimum absolute atomic E-state index is 0.156. The number of urea groups is 1. The number of hydrogen-bond donors (Lipinski definition) is 3. The van der Waals surface area contributed by atoms with E-state index < -0.39 is 12.1 Å². The molecule has 1 aromatic rings. The first kappa shape index (κ1) is 15.1. The zero-order chi connectivity index (χ0) is 15.9. The molecule has 0 spiro atoms. The van der Waals surface area contributed by atoms with Gasteiger partial charge in [-0.2, -0.15) is 0 Å². The molecule has 2 aliphatic heterocycles. The molecular weight excluding hydrogens is 350 g/mol. The predicted octanol–water partition coefficient (Wildman–Crippen LogP) is 1.28. The maximum Gasteiger partial charge on any atom is 0.319 e. The van der Waals surface area contributed by atoms with Gasteiger partial charge in [0.1, 0.15) is 0 Å². The Morgan fingerprint density at radius 3 is 2.68 bits per heavy atom. The summed E-state index contributed by atoms with van der Waals surface area (Å²) < 4.78 is 0.930. The van der Waals surface area contributed by atoms with Crippen LogP contribution in [0.25, 0.3) is 0 Å². The highest BCUT2D eigenvalue weighted by Gasteiger charge is 2.40. The number of nitrogens with zero attached hydrogens (tertiary/aromatic N) is 1. The summed E-state index contributed by atoms with van der Waals surface area (Å²) in [4.78, 5) is 26.0. The van der Waals surface area contributed by atoms with E-state index in [1.807, 2.05) is 24.3 Å². The van der Waals surface area contributed by atoms with Gasteiger partial charge in [0.05, 0.1) is 30.0 Å². The van der Waals surface area contributed by atoms with Gasteiger partial charge >= 0.3 is 6.03 Å². The largest absolute Gasteiger partial charge is 0.392 e. The number of halogens is 1. The highest BCUT2D eigenvalue weighted by Crippen LogP contribution is 2.32. The highest BCUT2D eigenvalue weighted by atomic mass is 79.9.